The summed E-state index contributed by atoms with van der Waals surface area (Å²) in [4.78, 5) is 11.2. The van der Waals surface area contributed by atoms with Crippen molar-refractivity contribution in [2.24, 2.45) is 0 Å². The van der Waals surface area contributed by atoms with Crippen molar-refractivity contribution in [3.05, 3.63) is 29.6 Å². The molecule has 1 aromatic carbocycles. The van der Waals surface area contributed by atoms with Crippen molar-refractivity contribution in [2.45, 2.75) is 17.4 Å². The van der Waals surface area contributed by atoms with Crippen LogP contribution in [-0.2, 0) is 19.6 Å². The van der Waals surface area contributed by atoms with Crippen LogP contribution < -0.4 is 0 Å². The van der Waals surface area contributed by atoms with Gasteiger partial charge in [0, 0.05) is 22.0 Å². The summed E-state index contributed by atoms with van der Waals surface area (Å²) in [7, 11) is -3.74. The van der Waals surface area contributed by atoms with E-state index in [0.29, 0.717) is 5.39 Å². The van der Waals surface area contributed by atoms with Gasteiger partial charge in [-0.1, -0.05) is 18.2 Å². The quantitative estimate of drug-likeness (QED) is 0.916. The highest BCUT2D eigenvalue weighted by Crippen LogP contribution is 2.32. The van der Waals surface area contributed by atoms with Gasteiger partial charge in [-0.15, -0.1) is 11.3 Å². The molecule has 22 heavy (non-hydrogen) atoms. The van der Waals surface area contributed by atoms with E-state index in [2.05, 4.69) is 0 Å². The van der Waals surface area contributed by atoms with E-state index >= 15 is 0 Å². The third kappa shape index (κ3) is 2.74. The molecular weight excluding hydrogens is 326 g/mol. The van der Waals surface area contributed by atoms with Crippen molar-refractivity contribution >= 4 is 37.4 Å². The van der Waals surface area contributed by atoms with Crippen LogP contribution in [0.5, 0.6) is 0 Å². The number of fused-ring (bicyclic) bond motifs is 1. The molecule has 1 aliphatic rings. The molecule has 0 amide bonds. The molecule has 2 heterocycles. The Hall–Kier alpha value is -1.48. The van der Waals surface area contributed by atoms with Gasteiger partial charge in [0.15, 0.2) is 0 Å². The summed E-state index contributed by atoms with van der Waals surface area (Å²) < 4.78 is 33.3. The van der Waals surface area contributed by atoms with Crippen LogP contribution >= 0.6 is 11.3 Å². The van der Waals surface area contributed by atoms with Gasteiger partial charge in [-0.25, -0.2) is 8.42 Å². The second-order valence-electron chi connectivity index (χ2n) is 5.04. The van der Waals surface area contributed by atoms with Crippen LogP contribution in [0.15, 0.2) is 34.5 Å². The molecule has 0 radical (unpaired) electrons. The van der Waals surface area contributed by atoms with Crippen LogP contribution in [0.4, 0.5) is 0 Å². The number of hydrogen-bond donors (Lipinski definition) is 1. The van der Waals surface area contributed by atoms with Gasteiger partial charge in [-0.3, -0.25) is 4.79 Å². The fraction of sp³-hybridized carbons (Fsp3) is 0.357. The molecule has 0 aliphatic carbocycles. The average Bonchev–Trinajstić information content (AvgIpc) is 2.91. The number of rotatable bonds is 4. The number of hydrogen-bond acceptors (Lipinski definition) is 5. The standard InChI is InChI=1S/C14H15NO5S2/c16-14(17)7-10-8-20-6-5-15(10)22(18,19)13-9-21-12-4-2-1-3-11(12)13/h1-4,9-10H,5-8H2,(H,16,17). The summed E-state index contributed by atoms with van der Waals surface area (Å²) >= 11 is 1.37. The van der Waals surface area contributed by atoms with E-state index in [-0.39, 0.29) is 31.1 Å². The molecule has 1 N–H and O–H groups in total. The lowest BCUT2D eigenvalue weighted by molar-refractivity contribution is -0.139. The highest BCUT2D eigenvalue weighted by Gasteiger charge is 2.36. The van der Waals surface area contributed by atoms with Gasteiger partial charge in [0.1, 0.15) is 4.90 Å². The van der Waals surface area contributed by atoms with Crippen LogP contribution in [0.3, 0.4) is 0 Å². The fourth-order valence-corrected chi connectivity index (χ4v) is 5.67. The van der Waals surface area contributed by atoms with E-state index in [9.17, 15) is 13.2 Å². The molecule has 1 fully saturated rings. The number of carboxylic acids is 1. The Morgan fingerprint density at radius 3 is 2.95 bits per heavy atom. The molecule has 1 unspecified atom stereocenters. The first-order valence-electron chi connectivity index (χ1n) is 6.78. The molecule has 0 bridgehead atoms. The molecule has 1 aromatic heterocycles. The molecule has 0 saturated carbocycles. The highest BCUT2D eigenvalue weighted by atomic mass is 32.2. The summed E-state index contributed by atoms with van der Waals surface area (Å²) in [5.41, 5.74) is 0. The molecule has 1 atom stereocenters. The Morgan fingerprint density at radius 2 is 2.18 bits per heavy atom. The number of ether oxygens (including phenoxy) is 1. The number of benzene rings is 1. The van der Waals surface area contributed by atoms with E-state index in [1.54, 1.807) is 17.5 Å². The van der Waals surface area contributed by atoms with Crippen molar-refractivity contribution in [3.63, 3.8) is 0 Å². The first-order valence-corrected chi connectivity index (χ1v) is 9.10. The molecule has 118 valence electrons. The van der Waals surface area contributed by atoms with E-state index in [4.69, 9.17) is 9.84 Å². The van der Waals surface area contributed by atoms with Crippen molar-refractivity contribution in [1.82, 2.24) is 4.31 Å². The molecule has 1 saturated heterocycles. The van der Waals surface area contributed by atoms with Gasteiger partial charge in [-0.05, 0) is 6.07 Å². The zero-order valence-corrected chi connectivity index (χ0v) is 13.3. The van der Waals surface area contributed by atoms with Crippen molar-refractivity contribution in [2.75, 3.05) is 19.8 Å². The predicted octanol–water partition coefficient (Wildman–Crippen LogP) is 1.77. The Kier molecular flexibility index (Phi) is 4.18. The summed E-state index contributed by atoms with van der Waals surface area (Å²) in [5.74, 6) is -1.04. The lowest BCUT2D eigenvalue weighted by atomic mass is 10.2. The Balaban J connectivity index is 2.02. The van der Waals surface area contributed by atoms with Gasteiger partial charge in [-0.2, -0.15) is 4.31 Å². The van der Waals surface area contributed by atoms with Gasteiger partial charge < -0.3 is 9.84 Å². The minimum absolute atomic E-state index is 0.105. The van der Waals surface area contributed by atoms with Crippen LogP contribution in [0.1, 0.15) is 6.42 Å². The predicted molar refractivity (Wildman–Crippen MR) is 82.6 cm³/mol. The summed E-state index contributed by atoms with van der Waals surface area (Å²) in [6.45, 7) is 0.551. The normalized spacial score (nSPS) is 20.3. The van der Waals surface area contributed by atoms with Gasteiger partial charge in [0.25, 0.3) is 0 Å². The monoisotopic (exact) mass is 341 g/mol. The highest BCUT2D eigenvalue weighted by molar-refractivity contribution is 7.89. The molecule has 8 heteroatoms. The largest absolute Gasteiger partial charge is 0.481 e. The molecule has 3 rings (SSSR count). The van der Waals surface area contributed by atoms with Crippen molar-refractivity contribution < 1.29 is 23.1 Å². The second kappa shape index (κ2) is 5.96. The second-order valence-corrected chi connectivity index (χ2v) is 7.81. The number of sulfonamides is 1. The first kappa shape index (κ1) is 15.4. The van der Waals surface area contributed by atoms with Crippen LogP contribution in [-0.4, -0.2) is 49.6 Å². The average molecular weight is 341 g/mol. The Bertz CT molecular complexity index is 798. The van der Waals surface area contributed by atoms with Crippen molar-refractivity contribution in [1.29, 1.82) is 0 Å². The van der Waals surface area contributed by atoms with Crippen LogP contribution in [0.25, 0.3) is 10.1 Å². The minimum atomic E-state index is -3.74. The first-order chi connectivity index (χ1) is 10.5. The van der Waals surface area contributed by atoms with Crippen molar-refractivity contribution in [3.8, 4) is 0 Å². The summed E-state index contributed by atoms with van der Waals surface area (Å²) in [5, 5.41) is 11.3. The maximum atomic E-state index is 12.9. The number of nitrogens with zero attached hydrogens (tertiary/aromatic N) is 1. The van der Waals surface area contributed by atoms with E-state index in [0.717, 1.165) is 4.70 Å². The van der Waals surface area contributed by atoms with E-state index in [1.165, 1.54) is 15.6 Å². The Morgan fingerprint density at radius 1 is 1.41 bits per heavy atom. The summed E-state index contributed by atoms with van der Waals surface area (Å²) in [6, 6.07) is 6.62. The third-order valence-corrected chi connectivity index (χ3v) is 6.72. The molecule has 0 spiro atoms. The zero-order valence-electron chi connectivity index (χ0n) is 11.6. The fourth-order valence-electron chi connectivity index (χ4n) is 2.60. The smallest absolute Gasteiger partial charge is 0.305 e. The van der Waals surface area contributed by atoms with Crippen LogP contribution in [0, 0.1) is 0 Å². The van der Waals surface area contributed by atoms with E-state index in [1.807, 2.05) is 12.1 Å². The minimum Gasteiger partial charge on any atom is -0.481 e. The molecule has 1 aliphatic heterocycles. The number of thiophene rings is 1. The number of carbonyl (C=O) groups is 1. The maximum absolute atomic E-state index is 12.9. The SMILES string of the molecule is O=C(O)CC1COCCN1S(=O)(=O)c1csc2ccccc12. The van der Waals surface area contributed by atoms with Gasteiger partial charge >= 0.3 is 5.97 Å². The maximum Gasteiger partial charge on any atom is 0.305 e. The lowest BCUT2D eigenvalue weighted by Crippen LogP contribution is -2.49. The molecular formula is C14H15NO5S2. The third-order valence-electron chi connectivity index (χ3n) is 3.62. The number of morpholine rings is 1. The topological polar surface area (TPSA) is 83.9 Å². The number of carboxylic acid groups (broad SMARTS) is 1. The zero-order chi connectivity index (χ0) is 15.7. The molecule has 2 aromatic rings. The van der Waals surface area contributed by atoms with Gasteiger partial charge in [0.05, 0.1) is 25.7 Å². The van der Waals surface area contributed by atoms with Gasteiger partial charge in [0.2, 0.25) is 10.0 Å². The van der Waals surface area contributed by atoms with Crippen LogP contribution in [0.2, 0.25) is 0 Å². The number of aliphatic carboxylic acids is 1. The Labute approximate surface area is 132 Å². The summed E-state index contributed by atoms with van der Waals surface area (Å²) in [6.07, 6.45) is -0.263. The lowest BCUT2D eigenvalue weighted by Gasteiger charge is -2.33. The molecule has 6 nitrogen and oxygen atoms in total. The van der Waals surface area contributed by atoms with E-state index < -0.39 is 22.0 Å².